The van der Waals surface area contributed by atoms with Crippen molar-refractivity contribution in [3.8, 4) is 0 Å². The molecule has 1 N–H and O–H groups in total. The first-order chi connectivity index (χ1) is 14.2. The molecule has 0 aliphatic carbocycles. The van der Waals surface area contributed by atoms with E-state index in [1.807, 2.05) is 6.92 Å². The molecule has 0 bridgehead atoms. The standard InChI is InChI=1S/C19H16ClF3N4O2S/c1-2-3-16(29)24-13-6-4-11(5-7-13)15(28)10-30-18-26-25-17-14(20)8-12(9-27(17)18)19(21,22)23/h4-9H,2-3,10H2,1H3,(H,24,29). The Balaban J connectivity index is 1.71. The van der Waals surface area contributed by atoms with E-state index in [1.165, 1.54) is 0 Å². The number of ketones is 1. The second-order valence-corrected chi connectivity index (χ2v) is 7.69. The van der Waals surface area contributed by atoms with Crippen LogP contribution in [0.3, 0.4) is 0 Å². The van der Waals surface area contributed by atoms with Gasteiger partial charge in [-0.25, -0.2) is 0 Å². The van der Waals surface area contributed by atoms with Gasteiger partial charge in [-0.05, 0) is 36.8 Å². The van der Waals surface area contributed by atoms with Gasteiger partial charge < -0.3 is 5.32 Å². The number of Topliss-reactive ketones (excluding diaryl/α,β-unsaturated/α-hetero) is 1. The second kappa shape index (κ2) is 9.05. The van der Waals surface area contributed by atoms with E-state index in [4.69, 9.17) is 11.6 Å². The van der Waals surface area contributed by atoms with Gasteiger partial charge in [-0.3, -0.25) is 14.0 Å². The summed E-state index contributed by atoms with van der Waals surface area (Å²) in [7, 11) is 0. The maximum Gasteiger partial charge on any atom is 0.417 e. The average Bonchev–Trinajstić information content (AvgIpc) is 3.10. The molecule has 0 unspecified atom stereocenters. The Bertz CT molecular complexity index is 1080. The molecule has 2 aromatic heterocycles. The third-order valence-electron chi connectivity index (χ3n) is 4.06. The fourth-order valence-electron chi connectivity index (χ4n) is 2.59. The molecule has 3 rings (SSSR count). The maximum absolute atomic E-state index is 13.0. The average molecular weight is 457 g/mol. The fraction of sp³-hybridized carbons (Fsp3) is 0.263. The van der Waals surface area contributed by atoms with Gasteiger partial charge in [0.1, 0.15) is 0 Å². The molecule has 0 fully saturated rings. The number of aromatic nitrogens is 3. The molecule has 0 aliphatic heterocycles. The minimum absolute atomic E-state index is 0.0593. The number of carbonyl (C=O) groups is 2. The highest BCUT2D eigenvalue weighted by molar-refractivity contribution is 7.99. The zero-order chi connectivity index (χ0) is 21.9. The van der Waals surface area contributed by atoms with Gasteiger partial charge in [0.05, 0.1) is 16.3 Å². The van der Waals surface area contributed by atoms with Crippen LogP contribution in [0.4, 0.5) is 18.9 Å². The van der Waals surface area contributed by atoms with Crippen molar-refractivity contribution in [3.63, 3.8) is 0 Å². The molecule has 0 atom stereocenters. The number of thioether (sulfide) groups is 1. The van der Waals surface area contributed by atoms with Crippen LogP contribution in [0.25, 0.3) is 5.65 Å². The van der Waals surface area contributed by atoms with Crippen molar-refractivity contribution in [2.75, 3.05) is 11.1 Å². The van der Waals surface area contributed by atoms with Crippen LogP contribution in [0.15, 0.2) is 41.7 Å². The monoisotopic (exact) mass is 456 g/mol. The van der Waals surface area contributed by atoms with Gasteiger partial charge in [0.15, 0.2) is 16.6 Å². The number of carbonyl (C=O) groups excluding carboxylic acids is 2. The Morgan fingerprint density at radius 1 is 1.20 bits per heavy atom. The Kier molecular flexibility index (Phi) is 6.67. The number of halogens is 4. The number of fused-ring (bicyclic) bond motifs is 1. The number of hydrogen-bond acceptors (Lipinski definition) is 5. The molecule has 0 aliphatic rings. The van der Waals surface area contributed by atoms with Crippen LogP contribution in [-0.4, -0.2) is 32.0 Å². The third kappa shape index (κ3) is 5.11. The predicted octanol–water partition coefficient (Wildman–Crippen LogP) is 5.12. The molecule has 158 valence electrons. The van der Waals surface area contributed by atoms with Crippen molar-refractivity contribution in [1.82, 2.24) is 14.6 Å². The molecular weight excluding hydrogens is 441 g/mol. The lowest BCUT2D eigenvalue weighted by atomic mass is 10.1. The van der Waals surface area contributed by atoms with E-state index < -0.39 is 11.7 Å². The first-order valence-corrected chi connectivity index (χ1v) is 10.2. The number of anilines is 1. The van der Waals surface area contributed by atoms with E-state index in [2.05, 4.69) is 15.5 Å². The molecule has 30 heavy (non-hydrogen) atoms. The lowest BCUT2D eigenvalue weighted by Gasteiger charge is -2.08. The number of nitrogens with zero attached hydrogens (tertiary/aromatic N) is 3. The largest absolute Gasteiger partial charge is 0.417 e. The zero-order valence-electron chi connectivity index (χ0n) is 15.7. The van der Waals surface area contributed by atoms with Crippen LogP contribution < -0.4 is 5.32 Å². The van der Waals surface area contributed by atoms with Gasteiger partial charge in [0.25, 0.3) is 0 Å². The first-order valence-electron chi connectivity index (χ1n) is 8.86. The van der Waals surface area contributed by atoms with Crippen molar-refractivity contribution < 1.29 is 22.8 Å². The molecule has 1 amide bonds. The SMILES string of the molecule is CCCC(=O)Nc1ccc(C(=O)CSc2nnc3c(Cl)cc(C(F)(F)F)cn23)cc1. The van der Waals surface area contributed by atoms with Crippen LogP contribution in [0.1, 0.15) is 35.7 Å². The van der Waals surface area contributed by atoms with E-state index in [0.717, 1.165) is 34.8 Å². The van der Waals surface area contributed by atoms with Crippen molar-refractivity contribution in [1.29, 1.82) is 0 Å². The summed E-state index contributed by atoms with van der Waals surface area (Å²) in [4.78, 5) is 24.0. The summed E-state index contributed by atoms with van der Waals surface area (Å²) in [5.41, 5.74) is 0.120. The normalized spacial score (nSPS) is 11.6. The zero-order valence-corrected chi connectivity index (χ0v) is 17.2. The molecule has 0 saturated carbocycles. The highest BCUT2D eigenvalue weighted by Crippen LogP contribution is 2.33. The molecular formula is C19H16ClF3N4O2S. The van der Waals surface area contributed by atoms with Gasteiger partial charge in [-0.15, -0.1) is 10.2 Å². The fourth-order valence-corrected chi connectivity index (χ4v) is 3.64. The molecule has 0 spiro atoms. The van der Waals surface area contributed by atoms with Crippen molar-refractivity contribution in [2.45, 2.75) is 31.1 Å². The summed E-state index contributed by atoms with van der Waals surface area (Å²) >= 11 is 6.83. The number of alkyl halides is 3. The summed E-state index contributed by atoms with van der Waals surface area (Å²) in [5.74, 6) is -0.417. The van der Waals surface area contributed by atoms with Crippen LogP contribution in [0, 0.1) is 0 Å². The third-order valence-corrected chi connectivity index (χ3v) is 5.28. The van der Waals surface area contributed by atoms with E-state index in [0.29, 0.717) is 17.7 Å². The highest BCUT2D eigenvalue weighted by Gasteiger charge is 2.32. The number of amides is 1. The lowest BCUT2D eigenvalue weighted by molar-refractivity contribution is -0.137. The Morgan fingerprint density at radius 2 is 1.90 bits per heavy atom. The number of rotatable bonds is 7. The second-order valence-electron chi connectivity index (χ2n) is 6.34. The van der Waals surface area contributed by atoms with Crippen LogP contribution in [-0.2, 0) is 11.0 Å². The van der Waals surface area contributed by atoms with Crippen LogP contribution in [0.2, 0.25) is 5.02 Å². The summed E-state index contributed by atoms with van der Waals surface area (Å²) in [6.45, 7) is 1.90. The van der Waals surface area contributed by atoms with E-state index in [1.54, 1.807) is 24.3 Å². The van der Waals surface area contributed by atoms with E-state index >= 15 is 0 Å². The molecule has 0 radical (unpaired) electrons. The number of pyridine rings is 1. The first kappa shape index (κ1) is 22.1. The number of hydrogen-bond donors (Lipinski definition) is 1. The molecule has 11 heteroatoms. The maximum atomic E-state index is 13.0. The number of benzene rings is 1. The molecule has 1 aromatic carbocycles. The van der Waals surface area contributed by atoms with Gasteiger partial charge in [0.2, 0.25) is 5.91 Å². The predicted molar refractivity (Wildman–Crippen MR) is 108 cm³/mol. The summed E-state index contributed by atoms with van der Waals surface area (Å²) in [5, 5.41) is 10.3. The summed E-state index contributed by atoms with van der Waals surface area (Å²) < 4.78 is 40.2. The van der Waals surface area contributed by atoms with E-state index in [-0.39, 0.29) is 33.3 Å². The van der Waals surface area contributed by atoms with Crippen LogP contribution >= 0.6 is 23.4 Å². The van der Waals surface area contributed by atoms with Gasteiger partial charge in [-0.1, -0.05) is 30.3 Å². The smallest absolute Gasteiger partial charge is 0.326 e. The Hall–Kier alpha value is -2.59. The highest BCUT2D eigenvalue weighted by atomic mass is 35.5. The topological polar surface area (TPSA) is 76.4 Å². The summed E-state index contributed by atoms with van der Waals surface area (Å²) in [6, 6.07) is 7.17. The van der Waals surface area contributed by atoms with Crippen molar-refractivity contribution >= 4 is 46.4 Å². The van der Waals surface area contributed by atoms with Gasteiger partial charge >= 0.3 is 6.18 Å². The van der Waals surface area contributed by atoms with Crippen LogP contribution in [0.5, 0.6) is 0 Å². The Morgan fingerprint density at radius 3 is 2.53 bits per heavy atom. The van der Waals surface area contributed by atoms with Gasteiger partial charge in [-0.2, -0.15) is 13.2 Å². The quantitative estimate of drug-likeness (QED) is 0.394. The van der Waals surface area contributed by atoms with Crippen molar-refractivity contribution in [3.05, 3.63) is 52.7 Å². The van der Waals surface area contributed by atoms with Gasteiger partial charge in [0, 0.05) is 23.9 Å². The summed E-state index contributed by atoms with van der Waals surface area (Å²) in [6.07, 6.45) is -2.59. The Labute approximate surface area is 178 Å². The molecule has 6 nitrogen and oxygen atoms in total. The molecule has 3 aromatic rings. The van der Waals surface area contributed by atoms with E-state index in [9.17, 15) is 22.8 Å². The number of nitrogens with one attached hydrogen (secondary N) is 1. The molecule has 2 heterocycles. The lowest BCUT2D eigenvalue weighted by Crippen LogP contribution is -2.11. The van der Waals surface area contributed by atoms with Crippen molar-refractivity contribution in [2.24, 2.45) is 0 Å². The minimum atomic E-state index is -4.58. The minimum Gasteiger partial charge on any atom is -0.326 e. The molecule has 0 saturated heterocycles.